The quantitative estimate of drug-likeness (QED) is 0.632. The van der Waals surface area contributed by atoms with Gasteiger partial charge in [-0.2, -0.15) is 0 Å². The highest BCUT2D eigenvalue weighted by atomic mass is 16.5. The maximum absolute atomic E-state index is 11.4. The number of ether oxygens (including phenoxy) is 1. The van der Waals surface area contributed by atoms with Gasteiger partial charge in [-0.25, -0.2) is 4.79 Å². The van der Waals surface area contributed by atoms with Crippen LogP contribution in [0.5, 0.6) is 0 Å². The normalized spacial score (nSPS) is 24.3. The number of methoxy groups -OCH3 is 1. The predicted octanol–water partition coefficient (Wildman–Crippen LogP) is -0.500. The van der Waals surface area contributed by atoms with Crippen molar-refractivity contribution in [3.63, 3.8) is 0 Å². The Balaban J connectivity index is 2.81. The van der Waals surface area contributed by atoms with Crippen molar-refractivity contribution in [2.75, 3.05) is 20.2 Å². The van der Waals surface area contributed by atoms with Crippen molar-refractivity contribution in [2.24, 2.45) is 0 Å². The Hall–Kier alpha value is -1.30. The molecule has 0 aromatic heterocycles. The summed E-state index contributed by atoms with van der Waals surface area (Å²) in [5.74, 6) is -0.298. The Morgan fingerprint density at radius 2 is 2.43 bits per heavy atom. The fraction of sp³-hybridized carbons (Fsp3) is 0.750. The monoisotopic (exact) mass is 202 g/mol. The Morgan fingerprint density at radius 3 is 2.93 bits per heavy atom. The van der Waals surface area contributed by atoms with Crippen LogP contribution in [0, 0.1) is 0 Å². The van der Waals surface area contributed by atoms with Crippen LogP contribution in [0.15, 0.2) is 0 Å². The van der Waals surface area contributed by atoms with Crippen LogP contribution in [0.2, 0.25) is 0 Å². The minimum absolute atomic E-state index is 0.298. The van der Waals surface area contributed by atoms with Gasteiger partial charge in [0, 0.05) is 20.2 Å². The third-order valence-electron chi connectivity index (χ3n) is 2.32. The zero-order valence-corrected chi connectivity index (χ0v) is 8.19. The molecule has 1 heterocycles. The zero-order valence-electron chi connectivity index (χ0n) is 8.19. The molecule has 2 N–H and O–H groups in total. The van der Waals surface area contributed by atoms with E-state index in [-0.39, 0.29) is 5.91 Å². The molecule has 1 fully saturated rings. The molecule has 0 saturated carbocycles. The lowest BCUT2D eigenvalue weighted by atomic mass is 10.1. The molecule has 14 heavy (non-hydrogen) atoms. The summed E-state index contributed by atoms with van der Waals surface area (Å²) in [4.78, 5) is 23.3. The first-order valence-electron chi connectivity index (χ1n) is 4.38. The number of amides is 2. The van der Waals surface area contributed by atoms with E-state index < -0.39 is 18.2 Å². The first-order chi connectivity index (χ1) is 6.57. The molecule has 0 aromatic rings. The number of hydrogen-bond donors (Lipinski definition) is 2. The molecule has 6 nitrogen and oxygen atoms in total. The number of nitrogens with zero attached hydrogens (tertiary/aromatic N) is 1. The highest BCUT2D eigenvalue weighted by molar-refractivity contribution is 5.87. The second kappa shape index (κ2) is 4.28. The van der Waals surface area contributed by atoms with Crippen molar-refractivity contribution in [1.82, 2.24) is 10.2 Å². The second-order valence-electron chi connectivity index (χ2n) is 3.15. The van der Waals surface area contributed by atoms with Crippen molar-refractivity contribution in [3.8, 4) is 0 Å². The van der Waals surface area contributed by atoms with E-state index >= 15 is 0 Å². The molecule has 2 amide bonds. The van der Waals surface area contributed by atoms with Crippen LogP contribution in [-0.4, -0.2) is 54.4 Å². The van der Waals surface area contributed by atoms with Gasteiger partial charge in [0.2, 0.25) is 5.91 Å². The molecular weight excluding hydrogens is 188 g/mol. The van der Waals surface area contributed by atoms with Gasteiger partial charge in [0.1, 0.15) is 6.04 Å². The summed E-state index contributed by atoms with van der Waals surface area (Å²) in [5, 5.41) is 11.5. The predicted molar refractivity (Wildman–Crippen MR) is 48.0 cm³/mol. The lowest BCUT2D eigenvalue weighted by Crippen LogP contribution is -2.61. The summed E-state index contributed by atoms with van der Waals surface area (Å²) in [6.45, 7) is 2.34. The van der Waals surface area contributed by atoms with Gasteiger partial charge < -0.3 is 15.2 Å². The molecular formula is C8H14N2O4. The first-order valence-corrected chi connectivity index (χ1v) is 4.38. The van der Waals surface area contributed by atoms with Gasteiger partial charge in [0.25, 0.3) is 0 Å². The molecule has 1 aliphatic heterocycles. The number of rotatable bonds is 2. The summed E-state index contributed by atoms with van der Waals surface area (Å²) < 4.78 is 4.97. The van der Waals surface area contributed by atoms with Gasteiger partial charge in [0.15, 0.2) is 0 Å². The van der Waals surface area contributed by atoms with Crippen molar-refractivity contribution >= 4 is 12.0 Å². The van der Waals surface area contributed by atoms with E-state index in [0.29, 0.717) is 13.1 Å². The van der Waals surface area contributed by atoms with Crippen molar-refractivity contribution < 1.29 is 19.4 Å². The molecule has 2 unspecified atom stereocenters. The molecule has 0 aromatic carbocycles. The summed E-state index contributed by atoms with van der Waals surface area (Å²) in [7, 11) is 1.45. The Labute approximate surface area is 81.8 Å². The molecule has 6 heteroatoms. The topological polar surface area (TPSA) is 78.9 Å². The Morgan fingerprint density at radius 1 is 1.79 bits per heavy atom. The van der Waals surface area contributed by atoms with E-state index in [9.17, 15) is 9.59 Å². The third kappa shape index (κ3) is 1.95. The van der Waals surface area contributed by atoms with Gasteiger partial charge >= 0.3 is 6.09 Å². The highest BCUT2D eigenvalue weighted by Gasteiger charge is 2.37. The van der Waals surface area contributed by atoms with E-state index in [4.69, 9.17) is 9.84 Å². The van der Waals surface area contributed by atoms with Crippen LogP contribution in [0.1, 0.15) is 6.92 Å². The molecule has 0 radical (unpaired) electrons. The number of nitrogens with one attached hydrogen (secondary N) is 1. The number of carbonyl (C=O) groups excluding carboxylic acids is 1. The smallest absolute Gasteiger partial charge is 0.408 e. The van der Waals surface area contributed by atoms with Crippen LogP contribution in [0.4, 0.5) is 4.79 Å². The van der Waals surface area contributed by atoms with E-state index in [1.54, 1.807) is 6.92 Å². The Kier molecular flexibility index (Phi) is 3.29. The Bertz CT molecular complexity index is 243. The van der Waals surface area contributed by atoms with Crippen LogP contribution in [-0.2, 0) is 9.53 Å². The van der Waals surface area contributed by atoms with Gasteiger partial charge in [-0.3, -0.25) is 9.69 Å². The average molecular weight is 202 g/mol. The average Bonchev–Trinajstić information content (AvgIpc) is 2.16. The lowest BCUT2D eigenvalue weighted by Gasteiger charge is -2.35. The number of carboxylic acid groups (broad SMARTS) is 1. The lowest BCUT2D eigenvalue weighted by molar-refractivity contribution is -0.133. The van der Waals surface area contributed by atoms with Crippen LogP contribution in [0.25, 0.3) is 0 Å². The fourth-order valence-electron chi connectivity index (χ4n) is 1.49. The first kappa shape index (κ1) is 10.8. The van der Waals surface area contributed by atoms with Crippen molar-refractivity contribution in [2.45, 2.75) is 19.1 Å². The van der Waals surface area contributed by atoms with Gasteiger partial charge in [0.05, 0.1) is 6.10 Å². The van der Waals surface area contributed by atoms with Gasteiger partial charge in [-0.1, -0.05) is 0 Å². The van der Waals surface area contributed by atoms with E-state index in [2.05, 4.69) is 5.32 Å². The molecule has 1 aliphatic rings. The molecule has 1 rings (SSSR count). The summed E-state index contributed by atoms with van der Waals surface area (Å²) in [5.41, 5.74) is 0. The van der Waals surface area contributed by atoms with E-state index in [1.807, 2.05) is 0 Å². The molecule has 2 atom stereocenters. The van der Waals surface area contributed by atoms with Crippen molar-refractivity contribution in [3.05, 3.63) is 0 Å². The van der Waals surface area contributed by atoms with E-state index in [0.717, 1.165) is 4.90 Å². The number of hydrogen-bond acceptors (Lipinski definition) is 3. The summed E-state index contributed by atoms with van der Waals surface area (Å²) in [6.07, 6.45) is -1.53. The molecule has 0 spiro atoms. The number of piperazine rings is 1. The SMILES string of the molecule is COC(C)C1C(=O)NCCN1C(=O)O. The molecule has 0 bridgehead atoms. The molecule has 1 saturated heterocycles. The second-order valence-corrected chi connectivity index (χ2v) is 3.15. The maximum atomic E-state index is 11.4. The zero-order chi connectivity index (χ0) is 10.7. The third-order valence-corrected chi connectivity index (χ3v) is 2.32. The van der Waals surface area contributed by atoms with E-state index in [1.165, 1.54) is 7.11 Å². The maximum Gasteiger partial charge on any atom is 0.408 e. The minimum Gasteiger partial charge on any atom is -0.465 e. The van der Waals surface area contributed by atoms with Crippen molar-refractivity contribution in [1.29, 1.82) is 0 Å². The minimum atomic E-state index is -1.09. The standard InChI is InChI=1S/C8H14N2O4/c1-5(14-2)6-7(11)9-3-4-10(6)8(12)13/h5-6H,3-4H2,1-2H3,(H,9,11)(H,12,13). The molecule has 0 aliphatic carbocycles. The largest absolute Gasteiger partial charge is 0.465 e. The molecule has 80 valence electrons. The van der Waals surface area contributed by atoms with Crippen LogP contribution < -0.4 is 5.32 Å². The summed E-state index contributed by atoms with van der Waals surface area (Å²) >= 11 is 0. The van der Waals surface area contributed by atoms with Crippen LogP contribution in [0.3, 0.4) is 0 Å². The van der Waals surface area contributed by atoms with Gasteiger partial charge in [-0.05, 0) is 6.92 Å². The van der Waals surface area contributed by atoms with Gasteiger partial charge in [-0.15, -0.1) is 0 Å². The van der Waals surface area contributed by atoms with Crippen LogP contribution >= 0.6 is 0 Å². The highest BCUT2D eigenvalue weighted by Crippen LogP contribution is 2.11. The fourth-order valence-corrected chi connectivity index (χ4v) is 1.49. The summed E-state index contributed by atoms with van der Waals surface area (Å²) in [6, 6.07) is -0.744. The number of carbonyl (C=O) groups is 2.